The van der Waals surface area contributed by atoms with Crippen molar-refractivity contribution in [3.05, 3.63) is 82.2 Å². The molecule has 12 heteroatoms. The lowest BCUT2D eigenvalue weighted by Crippen LogP contribution is -2.28. The number of carbonyl (C=O) groups is 1. The summed E-state index contributed by atoms with van der Waals surface area (Å²) in [5.74, 6) is -1.12. The Morgan fingerprint density at radius 3 is 2.62 bits per heavy atom. The van der Waals surface area contributed by atoms with Gasteiger partial charge in [-0.2, -0.15) is 13.2 Å². The van der Waals surface area contributed by atoms with E-state index in [2.05, 4.69) is 20.6 Å². The highest BCUT2D eigenvalue weighted by Crippen LogP contribution is 2.29. The summed E-state index contributed by atoms with van der Waals surface area (Å²) in [6.07, 6.45) is -3.37. The van der Waals surface area contributed by atoms with E-state index >= 15 is 0 Å². The van der Waals surface area contributed by atoms with Crippen LogP contribution in [-0.2, 0) is 24.1 Å². The summed E-state index contributed by atoms with van der Waals surface area (Å²) in [6, 6.07) is 9.95. The average molecular weight is 446 g/mol. The summed E-state index contributed by atoms with van der Waals surface area (Å²) in [6.45, 7) is -0.490. The first-order valence-electron chi connectivity index (χ1n) is 9.21. The van der Waals surface area contributed by atoms with Crippen molar-refractivity contribution in [2.75, 3.05) is 5.32 Å². The van der Waals surface area contributed by atoms with Crippen LogP contribution in [0, 0.1) is 5.82 Å². The molecule has 4 aromatic rings. The van der Waals surface area contributed by atoms with E-state index in [1.54, 1.807) is 0 Å². The normalized spacial score (nSPS) is 11.6. The topological polar surface area (TPSA) is 94.7 Å². The van der Waals surface area contributed by atoms with E-state index in [9.17, 15) is 27.2 Å². The molecule has 0 saturated heterocycles. The Balaban J connectivity index is 1.55. The highest BCUT2D eigenvalue weighted by atomic mass is 19.4. The van der Waals surface area contributed by atoms with Gasteiger partial charge < -0.3 is 5.32 Å². The van der Waals surface area contributed by atoms with Crippen LogP contribution in [0.3, 0.4) is 0 Å². The van der Waals surface area contributed by atoms with Gasteiger partial charge in [0.05, 0.1) is 12.1 Å². The zero-order chi connectivity index (χ0) is 22.9. The average Bonchev–Trinajstić information content (AvgIpc) is 3.13. The monoisotopic (exact) mass is 446 g/mol. The predicted molar refractivity (Wildman–Crippen MR) is 105 cm³/mol. The molecule has 4 rings (SSSR count). The smallest absolute Gasteiger partial charge is 0.324 e. The van der Waals surface area contributed by atoms with Crippen molar-refractivity contribution in [1.29, 1.82) is 0 Å². The van der Waals surface area contributed by atoms with E-state index in [-0.39, 0.29) is 23.4 Å². The van der Waals surface area contributed by atoms with Crippen molar-refractivity contribution < 1.29 is 22.4 Å². The van der Waals surface area contributed by atoms with Crippen molar-refractivity contribution in [3.8, 4) is 0 Å². The van der Waals surface area contributed by atoms with Gasteiger partial charge in [-0.25, -0.2) is 14.1 Å². The van der Waals surface area contributed by atoms with Crippen molar-refractivity contribution in [1.82, 2.24) is 24.5 Å². The highest BCUT2D eigenvalue weighted by molar-refractivity contribution is 5.90. The molecule has 0 radical (unpaired) electrons. The Morgan fingerprint density at radius 1 is 1.09 bits per heavy atom. The van der Waals surface area contributed by atoms with Gasteiger partial charge in [-0.1, -0.05) is 23.4 Å². The molecule has 2 aromatic carbocycles. The molecule has 0 bridgehead atoms. The number of carbonyl (C=O) groups excluding carboxylic acids is 1. The van der Waals surface area contributed by atoms with Crippen molar-refractivity contribution in [2.45, 2.75) is 19.3 Å². The molecule has 0 saturated carbocycles. The molecule has 0 aliphatic carbocycles. The Kier molecular flexibility index (Phi) is 5.43. The minimum absolute atomic E-state index is 0.0641. The van der Waals surface area contributed by atoms with Crippen molar-refractivity contribution in [2.24, 2.45) is 0 Å². The lowest BCUT2D eigenvalue weighted by atomic mass is 10.1. The SMILES string of the molecule is O=C(Cn1cnc2c(nnn2Cc2cccc(C(F)(F)F)c2)c1=O)Nc1cccc(F)c1. The van der Waals surface area contributed by atoms with E-state index in [1.165, 1.54) is 35.0 Å². The number of aromatic nitrogens is 5. The molecule has 0 atom stereocenters. The first-order chi connectivity index (χ1) is 15.2. The third-order valence-electron chi connectivity index (χ3n) is 4.50. The van der Waals surface area contributed by atoms with Gasteiger partial charge in [0, 0.05) is 5.69 Å². The number of fused-ring (bicyclic) bond motifs is 1. The molecular formula is C20H14F4N6O2. The number of anilines is 1. The number of halogens is 4. The summed E-state index contributed by atoms with van der Waals surface area (Å²) < 4.78 is 54.2. The van der Waals surface area contributed by atoms with Crippen molar-refractivity contribution >= 4 is 22.8 Å². The Bertz CT molecular complexity index is 1360. The first-order valence-corrected chi connectivity index (χ1v) is 9.21. The van der Waals surface area contributed by atoms with Crippen LogP contribution in [0.2, 0.25) is 0 Å². The minimum atomic E-state index is -4.49. The second-order valence-corrected chi connectivity index (χ2v) is 6.85. The number of benzene rings is 2. The van der Waals surface area contributed by atoms with Crippen LogP contribution in [0.4, 0.5) is 23.2 Å². The summed E-state index contributed by atoms with van der Waals surface area (Å²) in [5.41, 5.74) is -1.01. The largest absolute Gasteiger partial charge is 0.416 e. The molecule has 32 heavy (non-hydrogen) atoms. The molecule has 2 heterocycles. The lowest BCUT2D eigenvalue weighted by molar-refractivity contribution is -0.137. The van der Waals surface area contributed by atoms with E-state index in [0.29, 0.717) is 5.56 Å². The Morgan fingerprint density at radius 2 is 1.88 bits per heavy atom. The third kappa shape index (κ3) is 4.48. The summed E-state index contributed by atoms with van der Waals surface area (Å²) in [7, 11) is 0. The summed E-state index contributed by atoms with van der Waals surface area (Å²) in [5, 5.41) is 10.0. The van der Waals surface area contributed by atoms with Gasteiger partial charge in [-0.3, -0.25) is 14.2 Å². The second kappa shape index (κ2) is 8.21. The molecule has 1 N–H and O–H groups in total. The van der Waals surface area contributed by atoms with E-state index in [1.807, 2.05) is 0 Å². The fourth-order valence-electron chi connectivity index (χ4n) is 3.05. The van der Waals surface area contributed by atoms with Gasteiger partial charge in [-0.05, 0) is 35.9 Å². The van der Waals surface area contributed by atoms with Gasteiger partial charge in [-0.15, -0.1) is 5.10 Å². The van der Waals surface area contributed by atoms with E-state index < -0.39 is 35.6 Å². The van der Waals surface area contributed by atoms with Crippen LogP contribution in [0.25, 0.3) is 11.2 Å². The van der Waals surface area contributed by atoms with Gasteiger partial charge in [0.15, 0.2) is 11.2 Å². The van der Waals surface area contributed by atoms with Crippen molar-refractivity contribution in [3.63, 3.8) is 0 Å². The zero-order valence-electron chi connectivity index (χ0n) is 16.2. The number of hydrogen-bond donors (Lipinski definition) is 1. The molecule has 0 fully saturated rings. The first kappa shape index (κ1) is 21.2. The molecule has 1 amide bonds. The summed E-state index contributed by atoms with van der Waals surface area (Å²) in [4.78, 5) is 28.9. The predicted octanol–water partition coefficient (Wildman–Crippen LogP) is 2.83. The number of hydrogen-bond acceptors (Lipinski definition) is 5. The molecule has 0 unspecified atom stereocenters. The van der Waals surface area contributed by atoms with Gasteiger partial charge in [0.25, 0.3) is 5.56 Å². The molecule has 2 aromatic heterocycles. The Hall–Kier alpha value is -4.09. The van der Waals surface area contributed by atoms with Crippen LogP contribution in [-0.4, -0.2) is 30.5 Å². The lowest BCUT2D eigenvalue weighted by Gasteiger charge is -2.09. The fraction of sp³-hybridized carbons (Fsp3) is 0.150. The summed E-state index contributed by atoms with van der Waals surface area (Å²) >= 11 is 0. The van der Waals surface area contributed by atoms with Gasteiger partial charge >= 0.3 is 6.18 Å². The maximum atomic E-state index is 13.2. The standard InChI is InChI=1S/C20H14F4N6O2/c21-14-5-2-6-15(8-14)26-16(31)10-29-11-25-18-17(19(29)32)27-28-30(18)9-12-3-1-4-13(7-12)20(22,23)24/h1-8,11H,9-10H2,(H,26,31). The molecule has 0 aliphatic heterocycles. The quantitative estimate of drug-likeness (QED) is 0.476. The molecule has 0 aliphatic rings. The maximum absolute atomic E-state index is 13.2. The number of nitrogens with one attached hydrogen (secondary N) is 1. The highest BCUT2D eigenvalue weighted by Gasteiger charge is 2.30. The number of amides is 1. The second-order valence-electron chi connectivity index (χ2n) is 6.85. The fourth-order valence-corrected chi connectivity index (χ4v) is 3.05. The number of rotatable bonds is 5. The number of alkyl halides is 3. The molecular weight excluding hydrogens is 432 g/mol. The van der Waals surface area contributed by atoms with Crippen LogP contribution in [0.15, 0.2) is 59.7 Å². The van der Waals surface area contributed by atoms with Crippen LogP contribution >= 0.6 is 0 Å². The molecule has 8 nitrogen and oxygen atoms in total. The molecule has 0 spiro atoms. The third-order valence-corrected chi connectivity index (χ3v) is 4.50. The van der Waals surface area contributed by atoms with Crippen LogP contribution < -0.4 is 10.9 Å². The van der Waals surface area contributed by atoms with Gasteiger partial charge in [0.2, 0.25) is 5.91 Å². The number of nitrogens with zero attached hydrogens (tertiary/aromatic N) is 5. The van der Waals surface area contributed by atoms with E-state index in [0.717, 1.165) is 29.1 Å². The zero-order valence-corrected chi connectivity index (χ0v) is 16.2. The van der Waals surface area contributed by atoms with Crippen LogP contribution in [0.1, 0.15) is 11.1 Å². The van der Waals surface area contributed by atoms with Gasteiger partial charge in [0.1, 0.15) is 18.7 Å². The Labute approximate surface area is 177 Å². The maximum Gasteiger partial charge on any atom is 0.416 e. The van der Waals surface area contributed by atoms with Crippen LogP contribution in [0.5, 0.6) is 0 Å². The minimum Gasteiger partial charge on any atom is -0.324 e. The molecule has 164 valence electrons. The van der Waals surface area contributed by atoms with E-state index in [4.69, 9.17) is 0 Å².